The lowest BCUT2D eigenvalue weighted by molar-refractivity contribution is -0.138. The van der Waals surface area contributed by atoms with Gasteiger partial charge in [-0.2, -0.15) is 0 Å². The number of likely N-dealkylation sites (tertiary alicyclic amines) is 1. The smallest absolute Gasteiger partial charge is 0.243 e. The number of hydrogen-bond acceptors (Lipinski definition) is 5. The van der Waals surface area contributed by atoms with E-state index in [4.69, 9.17) is 0 Å². The molecule has 3 rings (SSSR count). The summed E-state index contributed by atoms with van der Waals surface area (Å²) in [5.41, 5.74) is 0.0939. The molecule has 2 aliphatic carbocycles. The van der Waals surface area contributed by atoms with Gasteiger partial charge in [-0.3, -0.25) is 24.2 Å². The minimum absolute atomic E-state index is 0.00683. The number of carbonyl (C=O) groups is 3. The van der Waals surface area contributed by atoms with Crippen LogP contribution in [-0.4, -0.2) is 55.5 Å². The Morgan fingerprint density at radius 3 is 2.29 bits per heavy atom. The average molecular weight is 491 g/mol. The van der Waals surface area contributed by atoms with Gasteiger partial charge in [0.25, 0.3) is 0 Å². The second kappa shape index (κ2) is 13.8. The second-order valence-corrected chi connectivity index (χ2v) is 11.9. The molecule has 178 valence electrons. The highest BCUT2D eigenvalue weighted by Gasteiger charge is 2.59. The van der Waals surface area contributed by atoms with E-state index in [1.54, 1.807) is 11.9 Å². The summed E-state index contributed by atoms with van der Waals surface area (Å²) in [4.78, 5) is 36.6. The van der Waals surface area contributed by atoms with Crippen molar-refractivity contribution < 1.29 is 14.4 Å². The summed E-state index contributed by atoms with van der Waals surface area (Å²) in [6.07, 6.45) is 5.96. The summed E-state index contributed by atoms with van der Waals surface area (Å²) in [7, 11) is 4.67. The van der Waals surface area contributed by atoms with Crippen molar-refractivity contribution in [1.82, 2.24) is 20.0 Å². The zero-order valence-corrected chi connectivity index (χ0v) is 22.5. The van der Waals surface area contributed by atoms with Crippen LogP contribution in [0.4, 0.5) is 0 Å². The maximum atomic E-state index is 11.9. The van der Waals surface area contributed by atoms with Crippen LogP contribution in [0.15, 0.2) is 12.7 Å². The lowest BCUT2D eigenvalue weighted by atomic mass is 9.96. The molecule has 1 spiro atoms. The van der Waals surface area contributed by atoms with Gasteiger partial charge in [0, 0.05) is 24.9 Å². The van der Waals surface area contributed by atoms with Crippen LogP contribution >= 0.6 is 28.7 Å². The van der Waals surface area contributed by atoms with Crippen molar-refractivity contribution in [2.45, 2.75) is 52.5 Å². The van der Waals surface area contributed by atoms with Crippen molar-refractivity contribution in [3.8, 4) is 0 Å². The zero-order chi connectivity index (χ0) is 23.6. The van der Waals surface area contributed by atoms with E-state index in [9.17, 15) is 14.4 Å². The van der Waals surface area contributed by atoms with E-state index >= 15 is 0 Å². The average Bonchev–Trinajstić information content (AvgIpc) is 3.62. The maximum Gasteiger partial charge on any atom is 0.243 e. The molecule has 0 bridgehead atoms. The normalized spacial score (nSPS) is 24.7. The van der Waals surface area contributed by atoms with Crippen LogP contribution in [0.5, 0.6) is 0 Å². The molecule has 0 aromatic rings. The molecule has 1 saturated heterocycles. The molecule has 3 N–H and O–H groups in total. The van der Waals surface area contributed by atoms with Crippen LogP contribution in [-0.2, 0) is 14.4 Å². The number of amides is 3. The molecular weight excluding hydrogens is 450 g/mol. The highest BCUT2D eigenvalue weighted by Crippen LogP contribution is 2.57. The number of nitrogens with one attached hydrogen (secondary N) is 3. The van der Waals surface area contributed by atoms with E-state index in [0.29, 0.717) is 12.5 Å². The fraction of sp³-hybridized carbons (Fsp3) is 0.762. The van der Waals surface area contributed by atoms with Crippen LogP contribution in [0.25, 0.3) is 0 Å². The highest BCUT2D eigenvalue weighted by atomic mass is 32.7. The quantitative estimate of drug-likeness (QED) is 0.290. The third-order valence-electron chi connectivity index (χ3n) is 5.44. The molecule has 3 fully saturated rings. The van der Waals surface area contributed by atoms with E-state index in [-0.39, 0.29) is 41.6 Å². The van der Waals surface area contributed by atoms with E-state index in [1.807, 2.05) is 12.7 Å². The Labute approximate surface area is 196 Å². The molecule has 3 amide bonds. The first-order valence-corrected chi connectivity index (χ1v) is 14.5. The van der Waals surface area contributed by atoms with Crippen LogP contribution in [0.2, 0.25) is 0 Å². The first-order chi connectivity index (χ1) is 14.7. The summed E-state index contributed by atoms with van der Waals surface area (Å²) >= 11 is 1.49. The molecule has 7 nitrogen and oxygen atoms in total. The Morgan fingerprint density at radius 1 is 1.26 bits per heavy atom. The first-order valence-electron chi connectivity index (χ1n) is 10.9. The predicted octanol–water partition coefficient (Wildman–Crippen LogP) is 2.95. The van der Waals surface area contributed by atoms with Gasteiger partial charge < -0.3 is 10.2 Å². The SMILES string of the molecule is C=CC1CC1C(=O)NSPC.CC(C)C.CNC(=O)C1N(C(=O)CNP)CCC12CC2. The van der Waals surface area contributed by atoms with Crippen LogP contribution in [0.1, 0.15) is 46.5 Å². The van der Waals surface area contributed by atoms with E-state index in [0.717, 1.165) is 39.4 Å². The molecule has 5 atom stereocenters. The summed E-state index contributed by atoms with van der Waals surface area (Å²) in [6.45, 7) is 13.2. The van der Waals surface area contributed by atoms with Gasteiger partial charge in [-0.05, 0) is 63.5 Å². The molecule has 10 heteroatoms. The third kappa shape index (κ3) is 9.00. The summed E-state index contributed by atoms with van der Waals surface area (Å²) < 4.78 is 2.80. The molecule has 3 aliphatic rings. The minimum Gasteiger partial charge on any atom is -0.357 e. The van der Waals surface area contributed by atoms with Crippen molar-refractivity contribution in [3.05, 3.63) is 12.7 Å². The van der Waals surface area contributed by atoms with Crippen molar-refractivity contribution in [2.75, 3.05) is 26.8 Å². The van der Waals surface area contributed by atoms with Gasteiger partial charge in [0.15, 0.2) is 0 Å². The van der Waals surface area contributed by atoms with Crippen LogP contribution < -0.4 is 15.1 Å². The van der Waals surface area contributed by atoms with Crippen molar-refractivity contribution >= 4 is 46.5 Å². The van der Waals surface area contributed by atoms with E-state index < -0.39 is 0 Å². The van der Waals surface area contributed by atoms with Crippen LogP contribution in [0.3, 0.4) is 0 Å². The number of likely N-dealkylation sites (N-methyl/N-ethyl adjacent to an activating group) is 1. The number of hydrogen-bond donors (Lipinski definition) is 3. The minimum atomic E-state index is -0.247. The predicted molar refractivity (Wildman–Crippen MR) is 136 cm³/mol. The fourth-order valence-corrected chi connectivity index (χ4v) is 4.73. The molecule has 1 aliphatic heterocycles. The van der Waals surface area contributed by atoms with Gasteiger partial charge in [-0.15, -0.1) is 6.58 Å². The molecule has 31 heavy (non-hydrogen) atoms. The monoisotopic (exact) mass is 490 g/mol. The first kappa shape index (κ1) is 28.4. The summed E-state index contributed by atoms with van der Waals surface area (Å²) in [6, 6.07) is -0.247. The lowest BCUT2D eigenvalue weighted by Crippen LogP contribution is -2.49. The molecule has 2 saturated carbocycles. The Kier molecular flexibility index (Phi) is 12.6. The number of rotatable bonds is 7. The molecule has 5 unspecified atom stereocenters. The topological polar surface area (TPSA) is 90.5 Å². The number of carbonyl (C=O) groups excluding carboxylic acids is 3. The largest absolute Gasteiger partial charge is 0.357 e. The third-order valence-corrected chi connectivity index (χ3v) is 7.07. The Balaban J connectivity index is 0.000000278. The molecule has 0 aromatic carbocycles. The van der Waals surface area contributed by atoms with E-state index in [1.165, 1.54) is 11.6 Å². The highest BCUT2D eigenvalue weighted by molar-refractivity contribution is 8.48. The van der Waals surface area contributed by atoms with Gasteiger partial charge in [0.1, 0.15) is 6.04 Å². The second-order valence-electron chi connectivity index (χ2n) is 8.84. The van der Waals surface area contributed by atoms with Crippen molar-refractivity contribution in [1.29, 1.82) is 0 Å². The van der Waals surface area contributed by atoms with Gasteiger partial charge in [0.2, 0.25) is 17.7 Å². The van der Waals surface area contributed by atoms with Crippen molar-refractivity contribution in [2.24, 2.45) is 23.2 Å². The van der Waals surface area contributed by atoms with Crippen molar-refractivity contribution in [3.63, 3.8) is 0 Å². The fourth-order valence-electron chi connectivity index (χ4n) is 3.59. The lowest BCUT2D eigenvalue weighted by Gasteiger charge is -2.26. The standard InChI is InChI=1S/C10H18N3O2P.C7H12NOPS.C4H10/c1-11-9(15)8-10(2-3-10)4-5-13(8)7(14)6-12-16;1-3-5-4-6(5)7(9)8-11-10-2;1-4(2)3/h8,12H,2-6,16H2,1H3,(H,11,15);3,5-6,10H,1,4H2,2H3,(H,8,9);4H,1-3H3. The summed E-state index contributed by atoms with van der Waals surface area (Å²) in [5, 5.41) is 5.43. The van der Waals surface area contributed by atoms with Gasteiger partial charge in [0.05, 0.1) is 6.54 Å². The van der Waals surface area contributed by atoms with Gasteiger partial charge in [-0.25, -0.2) is 0 Å². The zero-order valence-electron chi connectivity index (χ0n) is 19.5. The molecule has 0 aromatic heterocycles. The number of nitrogens with zero attached hydrogens (tertiary/aromatic N) is 1. The molecule has 0 radical (unpaired) electrons. The maximum absolute atomic E-state index is 11.9. The van der Waals surface area contributed by atoms with E-state index in [2.05, 4.69) is 51.9 Å². The Bertz CT molecular complexity index is 629. The van der Waals surface area contributed by atoms with Crippen LogP contribution in [0, 0.1) is 23.2 Å². The molecular formula is C21H40N4O3P2S. The number of allylic oxidation sites excluding steroid dienone is 1. The van der Waals surface area contributed by atoms with Gasteiger partial charge in [-0.1, -0.05) is 36.2 Å². The van der Waals surface area contributed by atoms with Gasteiger partial charge >= 0.3 is 0 Å². The summed E-state index contributed by atoms with van der Waals surface area (Å²) in [5.74, 6) is 1.65. The molecule has 1 heterocycles. The Hall–Kier alpha value is -0.680. The Morgan fingerprint density at radius 2 is 1.87 bits per heavy atom.